The van der Waals surface area contributed by atoms with E-state index in [1.807, 2.05) is 13.0 Å². The summed E-state index contributed by atoms with van der Waals surface area (Å²) < 4.78 is 34.8. The second kappa shape index (κ2) is 10.1. The van der Waals surface area contributed by atoms with E-state index in [4.69, 9.17) is 4.74 Å². The van der Waals surface area contributed by atoms with Gasteiger partial charge in [0, 0.05) is 7.05 Å². The Balaban J connectivity index is 1.64. The first kappa shape index (κ1) is 24.9. The highest BCUT2D eigenvalue weighted by Gasteiger charge is 2.24. The second-order valence-electron chi connectivity index (χ2n) is 7.70. The molecule has 11 heteroatoms. The van der Waals surface area contributed by atoms with Gasteiger partial charge in [-0.25, -0.2) is 13.1 Å². The second-order valence-corrected chi connectivity index (χ2v) is 9.46. The number of ether oxygens (including phenoxy) is 1. The third-order valence-electron chi connectivity index (χ3n) is 5.22. The molecule has 0 saturated carbocycles. The molecular weight excluding hydrogens is 460 g/mol. The van der Waals surface area contributed by atoms with Crippen LogP contribution in [0.3, 0.4) is 0 Å². The molecule has 0 unspecified atom stereocenters. The fraction of sp³-hybridized carbons (Fsp3) is 0.261. The topological polar surface area (TPSA) is 128 Å². The molecule has 3 aromatic rings. The Bertz CT molecular complexity index is 1360. The van der Waals surface area contributed by atoms with E-state index in [2.05, 4.69) is 10.0 Å². The van der Waals surface area contributed by atoms with Crippen LogP contribution in [0.1, 0.15) is 18.2 Å². The highest BCUT2D eigenvalue weighted by Crippen LogP contribution is 2.15. The molecule has 0 aliphatic heterocycles. The van der Waals surface area contributed by atoms with E-state index in [0.717, 1.165) is 5.56 Å². The molecule has 0 aliphatic rings. The molecule has 0 bridgehead atoms. The van der Waals surface area contributed by atoms with Gasteiger partial charge in [-0.3, -0.25) is 19.1 Å². The van der Waals surface area contributed by atoms with Crippen LogP contribution < -0.4 is 15.6 Å². The maximum Gasteiger partial charge on any atom is 0.321 e. The quantitative estimate of drug-likeness (QED) is 0.466. The predicted octanol–water partition coefficient (Wildman–Crippen LogP) is 1.64. The average molecular weight is 487 g/mol. The molecule has 34 heavy (non-hydrogen) atoms. The van der Waals surface area contributed by atoms with Gasteiger partial charge in [0.1, 0.15) is 12.2 Å². The van der Waals surface area contributed by atoms with Crippen LogP contribution in [0, 0.1) is 13.8 Å². The Morgan fingerprint density at radius 1 is 1.03 bits per heavy atom. The molecule has 3 rings (SSSR count). The molecule has 1 heterocycles. The zero-order valence-corrected chi connectivity index (χ0v) is 20.0. The Kier molecular flexibility index (Phi) is 7.38. The van der Waals surface area contributed by atoms with Gasteiger partial charge in [0.05, 0.1) is 16.3 Å². The summed E-state index contributed by atoms with van der Waals surface area (Å²) in [5.41, 5.74) is 1.64. The van der Waals surface area contributed by atoms with Crippen LogP contribution in [-0.2, 0) is 31.4 Å². The zero-order chi connectivity index (χ0) is 25.0. The Labute approximate surface area is 197 Å². The molecule has 180 valence electrons. The van der Waals surface area contributed by atoms with Crippen molar-refractivity contribution in [3.05, 3.63) is 76.2 Å². The van der Waals surface area contributed by atoms with Gasteiger partial charge in [0.15, 0.2) is 6.10 Å². The van der Waals surface area contributed by atoms with Crippen LogP contribution in [0.4, 0.5) is 5.69 Å². The van der Waals surface area contributed by atoms with Gasteiger partial charge in [-0.2, -0.15) is 4.72 Å². The van der Waals surface area contributed by atoms with Crippen molar-refractivity contribution >= 4 is 27.6 Å². The number of nitrogens with one attached hydrogen (secondary N) is 2. The minimum Gasteiger partial charge on any atom is -0.452 e. The molecule has 1 amide bonds. The van der Waals surface area contributed by atoms with Crippen molar-refractivity contribution in [1.82, 2.24) is 14.1 Å². The minimum absolute atomic E-state index is 0.00550. The van der Waals surface area contributed by atoms with E-state index >= 15 is 0 Å². The standard InChI is InChI=1S/C23H26N4O6S/c1-15-10-12-19(13-11-15)34(31,32)24-14-20(28)33-17(3)22(29)25-21-16(2)26(4)27(23(21)30)18-8-6-5-7-9-18/h5-13,17,24H,14H2,1-4H3,(H,25,29)/t17-/m1/s1. The van der Waals surface area contributed by atoms with Gasteiger partial charge in [-0.05, 0) is 45.0 Å². The SMILES string of the molecule is Cc1ccc(S(=O)(=O)NCC(=O)O[C@H](C)C(=O)Nc2c(C)n(C)n(-c3ccccc3)c2=O)cc1. The van der Waals surface area contributed by atoms with E-state index in [1.54, 1.807) is 55.1 Å². The van der Waals surface area contributed by atoms with Crippen molar-refractivity contribution in [1.29, 1.82) is 0 Å². The number of carbonyl (C=O) groups excluding carboxylic acids is 2. The molecule has 0 fully saturated rings. The van der Waals surface area contributed by atoms with Crippen LogP contribution >= 0.6 is 0 Å². The lowest BCUT2D eigenvalue weighted by atomic mass is 10.2. The number of esters is 1. The van der Waals surface area contributed by atoms with Gasteiger partial charge in [0.25, 0.3) is 11.5 Å². The number of sulfonamides is 1. The largest absolute Gasteiger partial charge is 0.452 e. The minimum atomic E-state index is -3.91. The highest BCUT2D eigenvalue weighted by atomic mass is 32.2. The van der Waals surface area contributed by atoms with Crippen LogP contribution in [0.2, 0.25) is 0 Å². The first-order chi connectivity index (χ1) is 16.0. The van der Waals surface area contributed by atoms with Crippen LogP contribution in [0.15, 0.2) is 64.3 Å². The van der Waals surface area contributed by atoms with Crippen molar-refractivity contribution in [2.24, 2.45) is 7.05 Å². The van der Waals surface area contributed by atoms with Crippen molar-refractivity contribution in [3.63, 3.8) is 0 Å². The monoisotopic (exact) mass is 486 g/mol. The number of aromatic nitrogens is 2. The maximum absolute atomic E-state index is 12.9. The molecule has 0 radical (unpaired) electrons. The summed E-state index contributed by atoms with van der Waals surface area (Å²) >= 11 is 0. The predicted molar refractivity (Wildman–Crippen MR) is 126 cm³/mol. The van der Waals surface area contributed by atoms with Crippen molar-refractivity contribution in [2.75, 3.05) is 11.9 Å². The summed E-state index contributed by atoms with van der Waals surface area (Å²) in [6.07, 6.45) is -1.26. The molecule has 10 nitrogen and oxygen atoms in total. The summed E-state index contributed by atoms with van der Waals surface area (Å²) in [6.45, 7) is 4.17. The van der Waals surface area contributed by atoms with Crippen molar-refractivity contribution in [3.8, 4) is 5.69 Å². The zero-order valence-electron chi connectivity index (χ0n) is 19.2. The molecule has 0 spiro atoms. The number of hydrogen-bond acceptors (Lipinski definition) is 6. The van der Waals surface area contributed by atoms with Crippen LogP contribution in [-0.4, -0.2) is 42.3 Å². The molecular formula is C23H26N4O6S. The molecule has 1 aromatic heterocycles. The summed E-state index contributed by atoms with van der Waals surface area (Å²) in [6, 6.07) is 15.0. The molecule has 0 saturated heterocycles. The average Bonchev–Trinajstić information content (AvgIpc) is 3.01. The summed E-state index contributed by atoms with van der Waals surface area (Å²) in [4.78, 5) is 37.6. The van der Waals surface area contributed by atoms with E-state index in [9.17, 15) is 22.8 Å². The number of aryl methyl sites for hydroxylation is 1. The molecule has 2 aromatic carbocycles. The van der Waals surface area contributed by atoms with Crippen LogP contribution in [0.25, 0.3) is 5.69 Å². The number of nitrogens with zero attached hydrogens (tertiary/aromatic N) is 2. The number of benzene rings is 2. The normalized spacial score (nSPS) is 12.2. The number of hydrogen-bond donors (Lipinski definition) is 2. The number of amides is 1. The lowest BCUT2D eigenvalue weighted by molar-refractivity contribution is -0.151. The van der Waals surface area contributed by atoms with E-state index in [-0.39, 0.29) is 10.6 Å². The molecule has 2 N–H and O–H groups in total. The molecule has 0 aliphatic carbocycles. The third kappa shape index (κ3) is 5.43. The Morgan fingerprint density at radius 2 is 1.65 bits per heavy atom. The van der Waals surface area contributed by atoms with Gasteiger partial charge >= 0.3 is 5.97 Å². The van der Waals surface area contributed by atoms with Crippen LogP contribution in [0.5, 0.6) is 0 Å². The fourth-order valence-electron chi connectivity index (χ4n) is 3.18. The number of rotatable bonds is 8. The maximum atomic E-state index is 12.9. The highest BCUT2D eigenvalue weighted by molar-refractivity contribution is 7.89. The summed E-state index contributed by atoms with van der Waals surface area (Å²) in [7, 11) is -2.23. The van der Waals surface area contributed by atoms with Crippen molar-refractivity contribution in [2.45, 2.75) is 31.8 Å². The van der Waals surface area contributed by atoms with E-state index < -0.39 is 40.1 Å². The third-order valence-corrected chi connectivity index (χ3v) is 6.63. The van der Waals surface area contributed by atoms with E-state index in [1.165, 1.54) is 23.7 Å². The van der Waals surface area contributed by atoms with Gasteiger partial charge in [0.2, 0.25) is 10.0 Å². The lowest BCUT2D eigenvalue weighted by Crippen LogP contribution is -2.36. The number of para-hydroxylation sites is 1. The Morgan fingerprint density at radius 3 is 2.26 bits per heavy atom. The molecule has 1 atom stereocenters. The Hall–Kier alpha value is -3.70. The first-order valence-electron chi connectivity index (χ1n) is 10.4. The van der Waals surface area contributed by atoms with E-state index in [0.29, 0.717) is 11.4 Å². The number of carbonyl (C=O) groups is 2. The van der Waals surface area contributed by atoms with Crippen molar-refractivity contribution < 1.29 is 22.7 Å². The fourth-order valence-corrected chi connectivity index (χ4v) is 4.15. The smallest absolute Gasteiger partial charge is 0.321 e. The lowest BCUT2D eigenvalue weighted by Gasteiger charge is -2.13. The van der Waals surface area contributed by atoms with Gasteiger partial charge in [-0.1, -0.05) is 35.9 Å². The number of anilines is 1. The summed E-state index contributed by atoms with van der Waals surface area (Å²) in [5, 5.41) is 2.51. The first-order valence-corrected chi connectivity index (χ1v) is 11.9. The van der Waals surface area contributed by atoms with Gasteiger partial charge in [-0.15, -0.1) is 0 Å². The summed E-state index contributed by atoms with van der Waals surface area (Å²) in [5.74, 6) is -1.66. The van der Waals surface area contributed by atoms with Gasteiger partial charge < -0.3 is 10.1 Å².